The SMILES string of the molecule is CC1=C(C)[C@@H](C)c2cc(C)sc21. The number of fused-ring (bicyclic) bond motifs is 1. The summed E-state index contributed by atoms with van der Waals surface area (Å²) in [4.78, 5) is 2.97. The molecule has 0 fully saturated rings. The molecule has 1 aromatic rings. The monoisotopic (exact) mass is 178 g/mol. The fraction of sp³-hybridized carbons (Fsp3) is 0.455. The maximum absolute atomic E-state index is 2.34. The highest BCUT2D eigenvalue weighted by atomic mass is 32.1. The Kier molecular flexibility index (Phi) is 1.65. The minimum absolute atomic E-state index is 0.657. The van der Waals surface area contributed by atoms with Crippen molar-refractivity contribution in [3.8, 4) is 0 Å². The fourth-order valence-corrected chi connectivity index (χ4v) is 3.06. The lowest BCUT2D eigenvalue weighted by Crippen LogP contribution is -1.86. The van der Waals surface area contributed by atoms with Gasteiger partial charge in [-0.25, -0.2) is 0 Å². The van der Waals surface area contributed by atoms with Crippen LogP contribution in [0.1, 0.15) is 42.0 Å². The Morgan fingerprint density at radius 1 is 1.25 bits per heavy atom. The van der Waals surface area contributed by atoms with E-state index in [2.05, 4.69) is 33.8 Å². The van der Waals surface area contributed by atoms with Crippen molar-refractivity contribution in [3.63, 3.8) is 0 Å². The molecule has 0 spiro atoms. The van der Waals surface area contributed by atoms with Crippen molar-refractivity contribution in [2.24, 2.45) is 0 Å². The van der Waals surface area contributed by atoms with Gasteiger partial charge in [-0.2, -0.15) is 0 Å². The molecule has 0 saturated heterocycles. The van der Waals surface area contributed by atoms with Gasteiger partial charge >= 0.3 is 0 Å². The Hall–Kier alpha value is -0.560. The average Bonchev–Trinajstić information content (AvgIpc) is 2.49. The molecule has 0 bridgehead atoms. The third-order valence-electron chi connectivity index (χ3n) is 2.93. The van der Waals surface area contributed by atoms with Gasteiger partial charge in [0.15, 0.2) is 0 Å². The Morgan fingerprint density at radius 3 is 2.50 bits per heavy atom. The molecule has 0 aromatic carbocycles. The van der Waals surface area contributed by atoms with E-state index in [0.717, 1.165) is 0 Å². The molecule has 0 amide bonds. The van der Waals surface area contributed by atoms with Gasteiger partial charge in [-0.15, -0.1) is 11.3 Å². The van der Waals surface area contributed by atoms with E-state index in [1.807, 2.05) is 11.3 Å². The Labute approximate surface area is 77.9 Å². The van der Waals surface area contributed by atoms with Gasteiger partial charge in [0.25, 0.3) is 0 Å². The fourth-order valence-electron chi connectivity index (χ4n) is 1.89. The lowest BCUT2D eigenvalue weighted by atomic mass is 10.0. The van der Waals surface area contributed by atoms with Crippen molar-refractivity contribution in [1.82, 2.24) is 0 Å². The second-order valence-electron chi connectivity index (χ2n) is 3.67. The van der Waals surface area contributed by atoms with Gasteiger partial charge in [-0.3, -0.25) is 0 Å². The molecule has 1 aliphatic rings. The van der Waals surface area contributed by atoms with Crippen molar-refractivity contribution in [3.05, 3.63) is 27.0 Å². The van der Waals surface area contributed by atoms with Gasteiger partial charge in [0.05, 0.1) is 0 Å². The van der Waals surface area contributed by atoms with E-state index in [9.17, 15) is 0 Å². The Balaban J connectivity index is 2.63. The van der Waals surface area contributed by atoms with Crippen LogP contribution < -0.4 is 0 Å². The van der Waals surface area contributed by atoms with Crippen LogP contribution in [0, 0.1) is 6.92 Å². The van der Waals surface area contributed by atoms with Crippen molar-refractivity contribution in [2.75, 3.05) is 0 Å². The van der Waals surface area contributed by atoms with Crippen molar-refractivity contribution in [1.29, 1.82) is 0 Å². The van der Waals surface area contributed by atoms with E-state index < -0.39 is 0 Å². The van der Waals surface area contributed by atoms with Crippen LogP contribution in [0.2, 0.25) is 0 Å². The predicted octanol–water partition coefficient (Wildman–Crippen LogP) is 3.97. The Morgan fingerprint density at radius 2 is 1.92 bits per heavy atom. The second kappa shape index (κ2) is 2.46. The van der Waals surface area contributed by atoms with Crippen LogP contribution in [0.5, 0.6) is 0 Å². The molecule has 0 N–H and O–H groups in total. The lowest BCUT2D eigenvalue weighted by Gasteiger charge is -2.03. The highest BCUT2D eigenvalue weighted by Crippen LogP contribution is 2.45. The molecule has 1 atom stereocenters. The summed E-state index contributed by atoms with van der Waals surface area (Å²) in [6.07, 6.45) is 0. The Bertz CT molecular complexity index is 355. The van der Waals surface area contributed by atoms with Gasteiger partial charge in [0.2, 0.25) is 0 Å². The van der Waals surface area contributed by atoms with Gasteiger partial charge in [-0.05, 0) is 38.0 Å². The molecule has 1 heteroatoms. The first-order chi connectivity index (χ1) is 5.61. The molecule has 1 aromatic heterocycles. The quantitative estimate of drug-likeness (QED) is 0.564. The maximum atomic E-state index is 2.34. The molecule has 1 aliphatic carbocycles. The molecule has 0 unspecified atom stereocenters. The third-order valence-corrected chi connectivity index (χ3v) is 4.12. The summed E-state index contributed by atoms with van der Waals surface area (Å²) in [5.41, 5.74) is 4.61. The number of thiophene rings is 1. The first-order valence-electron chi connectivity index (χ1n) is 4.39. The predicted molar refractivity (Wildman–Crippen MR) is 55.7 cm³/mol. The molecule has 0 saturated carbocycles. The van der Waals surface area contributed by atoms with E-state index in [0.29, 0.717) is 5.92 Å². The van der Waals surface area contributed by atoms with E-state index in [-0.39, 0.29) is 0 Å². The average molecular weight is 178 g/mol. The van der Waals surface area contributed by atoms with Crippen LogP contribution in [0.25, 0.3) is 5.57 Å². The van der Waals surface area contributed by atoms with Gasteiger partial charge in [0.1, 0.15) is 0 Å². The first-order valence-corrected chi connectivity index (χ1v) is 5.21. The molecular formula is C11H14S. The highest BCUT2D eigenvalue weighted by Gasteiger charge is 2.24. The van der Waals surface area contributed by atoms with Crippen molar-refractivity contribution in [2.45, 2.75) is 33.6 Å². The zero-order valence-electron chi connectivity index (χ0n) is 8.06. The lowest BCUT2D eigenvalue weighted by molar-refractivity contribution is 0.922. The summed E-state index contributed by atoms with van der Waals surface area (Å²) in [6, 6.07) is 2.34. The largest absolute Gasteiger partial charge is 0.141 e. The third kappa shape index (κ3) is 0.893. The molecule has 0 radical (unpaired) electrons. The van der Waals surface area contributed by atoms with Gasteiger partial charge in [-0.1, -0.05) is 12.5 Å². The summed E-state index contributed by atoms with van der Waals surface area (Å²) in [7, 11) is 0. The van der Waals surface area contributed by atoms with E-state index in [1.165, 1.54) is 15.3 Å². The molecule has 12 heavy (non-hydrogen) atoms. The number of aryl methyl sites for hydroxylation is 1. The molecule has 64 valence electrons. The number of hydrogen-bond acceptors (Lipinski definition) is 1. The standard InChI is InChI=1S/C11H14S/c1-6-5-10-8(3)7(2)9(4)11(10)12-6/h5,8H,1-4H3/t8-/m1/s1. The summed E-state index contributed by atoms with van der Waals surface area (Å²) < 4.78 is 0. The molecule has 0 nitrogen and oxygen atoms in total. The maximum Gasteiger partial charge on any atom is 0.0340 e. The second-order valence-corrected chi connectivity index (χ2v) is 4.93. The van der Waals surface area contributed by atoms with E-state index in [4.69, 9.17) is 0 Å². The van der Waals surface area contributed by atoms with Crippen molar-refractivity contribution >= 4 is 16.9 Å². The van der Waals surface area contributed by atoms with Crippen LogP contribution >= 0.6 is 11.3 Å². The number of allylic oxidation sites excluding steroid dienone is 2. The van der Waals surface area contributed by atoms with E-state index in [1.54, 1.807) is 11.1 Å². The van der Waals surface area contributed by atoms with E-state index >= 15 is 0 Å². The van der Waals surface area contributed by atoms with Crippen molar-refractivity contribution < 1.29 is 0 Å². The zero-order chi connectivity index (χ0) is 8.88. The smallest absolute Gasteiger partial charge is 0.0340 e. The highest BCUT2D eigenvalue weighted by molar-refractivity contribution is 7.13. The molecule has 0 aliphatic heterocycles. The first kappa shape index (κ1) is 8.06. The van der Waals surface area contributed by atoms with Gasteiger partial charge in [0, 0.05) is 15.7 Å². The summed E-state index contributed by atoms with van der Waals surface area (Å²) in [5.74, 6) is 0.657. The number of rotatable bonds is 0. The van der Waals surface area contributed by atoms with Crippen LogP contribution in [0.3, 0.4) is 0 Å². The summed E-state index contributed by atoms with van der Waals surface area (Å²) in [6.45, 7) is 8.99. The topological polar surface area (TPSA) is 0 Å². The van der Waals surface area contributed by atoms with Crippen LogP contribution in [0.15, 0.2) is 11.6 Å². The summed E-state index contributed by atoms with van der Waals surface area (Å²) in [5, 5.41) is 0. The summed E-state index contributed by atoms with van der Waals surface area (Å²) >= 11 is 1.93. The zero-order valence-corrected chi connectivity index (χ0v) is 8.88. The minimum Gasteiger partial charge on any atom is -0.141 e. The van der Waals surface area contributed by atoms with Crippen LogP contribution in [-0.4, -0.2) is 0 Å². The molecule has 1 heterocycles. The molecular weight excluding hydrogens is 164 g/mol. The minimum atomic E-state index is 0.657. The van der Waals surface area contributed by atoms with Crippen LogP contribution in [0.4, 0.5) is 0 Å². The number of hydrogen-bond donors (Lipinski definition) is 0. The van der Waals surface area contributed by atoms with Crippen LogP contribution in [-0.2, 0) is 0 Å². The van der Waals surface area contributed by atoms with Gasteiger partial charge < -0.3 is 0 Å². The normalized spacial score (nSPS) is 21.8. The molecule has 2 rings (SSSR count).